The van der Waals surface area contributed by atoms with Gasteiger partial charge in [0.15, 0.2) is 0 Å². The molecule has 1 radical (unpaired) electrons. The topological polar surface area (TPSA) is 0 Å². The van der Waals surface area contributed by atoms with Crippen LogP contribution in [0.4, 0.5) is 0 Å². The molecule has 0 aliphatic rings. The normalized spacial score (nSPS) is 15.2. The molecule has 0 fully saturated rings. The fourth-order valence-corrected chi connectivity index (χ4v) is 3.82. The molecule has 1 heteroatoms. The summed E-state index contributed by atoms with van der Waals surface area (Å²) in [5.41, 5.74) is 4.59. The summed E-state index contributed by atoms with van der Waals surface area (Å²) in [6.07, 6.45) is 3.53. The van der Waals surface area contributed by atoms with Gasteiger partial charge in [0, 0.05) is 32.7 Å². The zero-order chi connectivity index (χ0) is 16.9. The Bertz CT molecular complexity index is 587. The molecule has 0 amide bonds. The Hall–Kier alpha value is -0.456. The van der Waals surface area contributed by atoms with Crippen molar-refractivity contribution in [3.8, 4) is 0 Å². The number of benzene rings is 2. The quantitative estimate of drug-likeness (QED) is 0.413. The van der Waals surface area contributed by atoms with Crippen LogP contribution in [0.2, 0.25) is 0 Å². The number of rotatable bonds is 7. The van der Waals surface area contributed by atoms with Crippen molar-refractivity contribution in [2.45, 2.75) is 71.1 Å². The first kappa shape index (κ1) is 24.5. The van der Waals surface area contributed by atoms with Gasteiger partial charge in [-0.05, 0) is 53.2 Å². The molecule has 0 aliphatic heterocycles. The van der Waals surface area contributed by atoms with E-state index in [4.69, 9.17) is 0 Å². The second-order valence-corrected chi connectivity index (χ2v) is 7.07. The third-order valence-corrected chi connectivity index (χ3v) is 5.87. The summed E-state index contributed by atoms with van der Waals surface area (Å²) in [4.78, 5) is 0. The van der Waals surface area contributed by atoms with Crippen molar-refractivity contribution in [2.24, 2.45) is 0 Å². The average Bonchev–Trinajstić information content (AvgIpc) is 2.62. The van der Waals surface area contributed by atoms with Gasteiger partial charge in [-0.2, -0.15) is 0 Å². The Labute approximate surface area is 181 Å². The molecule has 2 aromatic carbocycles. The molecular formula is C24H35Y-. The smallest absolute Gasteiger partial charge is 0 e. The molecule has 0 nitrogen and oxygen atoms in total. The van der Waals surface area contributed by atoms with Gasteiger partial charge < -0.3 is 7.43 Å². The van der Waals surface area contributed by atoms with E-state index >= 15 is 0 Å². The molecule has 135 valence electrons. The van der Waals surface area contributed by atoms with Crippen molar-refractivity contribution in [2.75, 3.05) is 0 Å². The molecule has 0 spiro atoms. The molecule has 0 aliphatic carbocycles. The second-order valence-electron chi connectivity index (χ2n) is 7.07. The van der Waals surface area contributed by atoms with Crippen molar-refractivity contribution >= 4 is 0 Å². The van der Waals surface area contributed by atoms with Crippen molar-refractivity contribution in [3.63, 3.8) is 0 Å². The minimum Gasteiger partial charge on any atom is -0.358 e. The summed E-state index contributed by atoms with van der Waals surface area (Å²) < 4.78 is 0. The molecule has 3 atom stereocenters. The Kier molecular flexibility index (Phi) is 11.1. The molecule has 3 unspecified atom stereocenters. The van der Waals surface area contributed by atoms with Gasteiger partial charge in [0.2, 0.25) is 0 Å². The fraction of sp³-hybridized carbons (Fsp3) is 0.458. The van der Waals surface area contributed by atoms with Crippen LogP contribution in [0.5, 0.6) is 0 Å². The van der Waals surface area contributed by atoms with E-state index < -0.39 is 0 Å². The van der Waals surface area contributed by atoms with Crippen LogP contribution in [0.15, 0.2) is 54.6 Å². The summed E-state index contributed by atoms with van der Waals surface area (Å²) in [6, 6.07) is 20.4. The second kappa shape index (κ2) is 11.3. The predicted octanol–water partition coefficient (Wildman–Crippen LogP) is 7.51. The third-order valence-electron chi connectivity index (χ3n) is 5.87. The maximum absolute atomic E-state index is 2.43. The monoisotopic (exact) mass is 412 g/mol. The summed E-state index contributed by atoms with van der Waals surface area (Å²) in [6.45, 7) is 11.6. The SMILES string of the molecule is CCC(C)c1ccc(C(CC)C(C)(CC)c2ccccc2)cc1.[CH3-].[Y]. The molecule has 0 saturated heterocycles. The maximum Gasteiger partial charge on any atom is 0 e. The maximum atomic E-state index is 2.43. The zero-order valence-corrected chi connectivity index (χ0v) is 19.9. The molecular weight excluding hydrogens is 377 g/mol. The molecule has 0 saturated carbocycles. The Morgan fingerprint density at radius 2 is 1.32 bits per heavy atom. The first-order valence-corrected chi connectivity index (χ1v) is 9.22. The molecule has 25 heavy (non-hydrogen) atoms. The Morgan fingerprint density at radius 3 is 1.76 bits per heavy atom. The van der Waals surface area contributed by atoms with Gasteiger partial charge in [0.1, 0.15) is 0 Å². The van der Waals surface area contributed by atoms with Gasteiger partial charge in [-0.15, -0.1) is 0 Å². The van der Waals surface area contributed by atoms with Crippen LogP contribution >= 0.6 is 0 Å². The van der Waals surface area contributed by atoms with E-state index in [1.807, 2.05) is 0 Å². The molecule has 2 aromatic rings. The van der Waals surface area contributed by atoms with Crippen LogP contribution in [-0.4, -0.2) is 0 Å². The Balaban J connectivity index is 0.00000288. The first-order valence-electron chi connectivity index (χ1n) is 9.22. The summed E-state index contributed by atoms with van der Waals surface area (Å²) in [5, 5.41) is 0. The number of hydrogen-bond acceptors (Lipinski definition) is 0. The van der Waals surface area contributed by atoms with E-state index in [2.05, 4.69) is 89.2 Å². The van der Waals surface area contributed by atoms with Gasteiger partial charge >= 0.3 is 0 Å². The largest absolute Gasteiger partial charge is 0.358 e. The van der Waals surface area contributed by atoms with Gasteiger partial charge in [-0.3, -0.25) is 0 Å². The third kappa shape index (κ3) is 5.51. The van der Waals surface area contributed by atoms with E-state index in [-0.39, 0.29) is 45.6 Å². The standard InChI is InChI=1S/C23H32.CH3.Y/c1-6-18(4)19-14-16-20(17-15-19)22(7-2)23(5,8-3)21-12-10-9-11-13-21;;/h9-18,22H,6-8H2,1-5H3;1H3;/q;-1;. The van der Waals surface area contributed by atoms with E-state index in [0.29, 0.717) is 11.8 Å². The van der Waals surface area contributed by atoms with Gasteiger partial charge in [0.25, 0.3) is 0 Å². The molecule has 0 aromatic heterocycles. The molecule has 0 bridgehead atoms. The van der Waals surface area contributed by atoms with Crippen LogP contribution < -0.4 is 0 Å². The average molecular weight is 412 g/mol. The van der Waals surface area contributed by atoms with E-state index in [0.717, 1.165) is 6.42 Å². The van der Waals surface area contributed by atoms with E-state index in [9.17, 15) is 0 Å². The van der Waals surface area contributed by atoms with Crippen LogP contribution in [-0.2, 0) is 38.1 Å². The summed E-state index contributed by atoms with van der Waals surface area (Å²) in [7, 11) is 0. The van der Waals surface area contributed by atoms with E-state index in [1.54, 1.807) is 0 Å². The fourth-order valence-electron chi connectivity index (χ4n) is 3.82. The van der Waals surface area contributed by atoms with Crippen molar-refractivity contribution in [1.82, 2.24) is 0 Å². The van der Waals surface area contributed by atoms with Gasteiger partial charge in [-0.25, -0.2) is 0 Å². The van der Waals surface area contributed by atoms with Gasteiger partial charge in [0.05, 0.1) is 0 Å². The van der Waals surface area contributed by atoms with Crippen molar-refractivity contribution in [3.05, 3.63) is 78.7 Å². The van der Waals surface area contributed by atoms with E-state index in [1.165, 1.54) is 29.5 Å². The predicted molar refractivity (Wildman–Crippen MR) is 109 cm³/mol. The minimum absolute atomic E-state index is 0. The van der Waals surface area contributed by atoms with Crippen LogP contribution in [0.25, 0.3) is 0 Å². The molecule has 2 rings (SSSR count). The van der Waals surface area contributed by atoms with Crippen LogP contribution in [0.3, 0.4) is 0 Å². The zero-order valence-electron chi connectivity index (χ0n) is 17.0. The molecule has 0 heterocycles. The minimum atomic E-state index is 0. The molecule has 0 N–H and O–H groups in total. The van der Waals surface area contributed by atoms with Crippen molar-refractivity contribution < 1.29 is 32.7 Å². The summed E-state index contributed by atoms with van der Waals surface area (Å²) in [5.74, 6) is 1.21. The van der Waals surface area contributed by atoms with Gasteiger partial charge in [-0.1, -0.05) is 89.2 Å². The summed E-state index contributed by atoms with van der Waals surface area (Å²) >= 11 is 0. The Morgan fingerprint density at radius 1 is 0.800 bits per heavy atom. The van der Waals surface area contributed by atoms with Crippen LogP contribution in [0, 0.1) is 7.43 Å². The van der Waals surface area contributed by atoms with Crippen LogP contribution in [0.1, 0.15) is 82.4 Å². The first-order chi connectivity index (χ1) is 11.1. The van der Waals surface area contributed by atoms with Crippen molar-refractivity contribution in [1.29, 1.82) is 0 Å². The number of hydrogen-bond donors (Lipinski definition) is 0.